The van der Waals surface area contributed by atoms with E-state index in [1.807, 2.05) is 0 Å². The van der Waals surface area contributed by atoms with Gasteiger partial charge in [0.25, 0.3) is 0 Å². The van der Waals surface area contributed by atoms with Crippen molar-refractivity contribution in [1.29, 1.82) is 0 Å². The van der Waals surface area contributed by atoms with Crippen LogP contribution in [0.2, 0.25) is 0 Å². The Morgan fingerprint density at radius 2 is 1.32 bits per heavy atom. The second kappa shape index (κ2) is 12.1. The zero-order valence-electron chi connectivity index (χ0n) is 10.1. The van der Waals surface area contributed by atoms with Crippen LogP contribution in [0.1, 0.15) is 0 Å². The van der Waals surface area contributed by atoms with Crippen LogP contribution < -0.4 is 10.6 Å². The first-order valence-electron chi connectivity index (χ1n) is 5.61. The van der Waals surface area contributed by atoms with Gasteiger partial charge < -0.3 is 0 Å². The summed E-state index contributed by atoms with van der Waals surface area (Å²) in [5.74, 6) is 0. The summed E-state index contributed by atoms with van der Waals surface area (Å²) in [6.45, 7) is 0. The molecule has 0 saturated heterocycles. The molecule has 0 aliphatic rings. The summed E-state index contributed by atoms with van der Waals surface area (Å²) in [5, 5.41) is 2.89. The molecule has 0 N–H and O–H groups in total. The molecule has 2 rings (SSSR count). The van der Waals surface area contributed by atoms with Crippen LogP contribution in [0.5, 0.6) is 0 Å². The first kappa shape index (κ1) is 17.4. The molecule has 0 saturated carbocycles. The van der Waals surface area contributed by atoms with Crippen molar-refractivity contribution in [2.24, 2.45) is 0 Å². The molecule has 19 heavy (non-hydrogen) atoms. The van der Waals surface area contributed by atoms with Crippen molar-refractivity contribution in [3.8, 4) is 0 Å². The minimum atomic E-state index is 0.569. The molecule has 2 atom stereocenters. The molecule has 2 unspecified atom stereocenters. The molecule has 0 spiro atoms. The first-order chi connectivity index (χ1) is 9.36. The summed E-state index contributed by atoms with van der Waals surface area (Å²) in [5.41, 5.74) is 0. The van der Waals surface area contributed by atoms with Gasteiger partial charge in [-0.05, 0) is 5.30 Å². The van der Waals surface area contributed by atoms with E-state index >= 15 is 0 Å². The summed E-state index contributed by atoms with van der Waals surface area (Å²) < 4.78 is 0. The van der Waals surface area contributed by atoms with Crippen molar-refractivity contribution in [3.63, 3.8) is 0 Å². The van der Waals surface area contributed by atoms with Crippen LogP contribution in [0.25, 0.3) is 0 Å². The minimum absolute atomic E-state index is 0.569. The van der Waals surface area contributed by atoms with E-state index in [0.717, 1.165) is 17.2 Å². The molecule has 0 fully saturated rings. The Labute approximate surface area is 133 Å². The van der Waals surface area contributed by atoms with Gasteiger partial charge in [0.05, 0.1) is 0 Å². The largest absolute Gasteiger partial charge is 0.297 e. The third-order valence-electron chi connectivity index (χ3n) is 2.22. The molecular weight excluding hydrogens is 360 g/mol. The van der Waals surface area contributed by atoms with Crippen molar-refractivity contribution in [2.75, 3.05) is 6.16 Å². The van der Waals surface area contributed by atoms with Crippen molar-refractivity contribution in [1.82, 2.24) is 0 Å². The van der Waals surface area contributed by atoms with E-state index in [2.05, 4.69) is 66.8 Å². The van der Waals surface area contributed by atoms with Crippen LogP contribution in [0, 0.1) is 6.16 Å². The summed E-state index contributed by atoms with van der Waals surface area (Å²) in [6, 6.07) is 21.4. The Kier molecular flexibility index (Phi) is 11.1. The van der Waals surface area contributed by atoms with E-state index in [0.29, 0.717) is 12.7 Å². The molecule has 2 aromatic carbocycles. The predicted molar refractivity (Wildman–Crippen MR) is 89.7 cm³/mol. The van der Waals surface area contributed by atoms with Gasteiger partial charge in [0.2, 0.25) is 0 Å². The molecule has 0 bridgehead atoms. The smallest absolute Gasteiger partial charge is 0.0296 e. The van der Waals surface area contributed by atoms with Gasteiger partial charge in [0.15, 0.2) is 0 Å². The van der Waals surface area contributed by atoms with E-state index in [-0.39, 0.29) is 0 Å². The van der Waals surface area contributed by atoms with Crippen LogP contribution in [0.15, 0.2) is 60.7 Å². The molecule has 0 nitrogen and oxygen atoms in total. The number of rotatable bonds is 5. The van der Waals surface area contributed by atoms with Crippen LogP contribution in [-0.4, -0.2) is 6.16 Å². The molecule has 5 heteroatoms. The predicted octanol–water partition coefficient (Wildman–Crippen LogP) is 4.53. The third-order valence-corrected chi connectivity index (χ3v) is 4.86. The second-order valence-corrected chi connectivity index (χ2v) is 7.75. The van der Waals surface area contributed by atoms with Gasteiger partial charge in [-0.3, -0.25) is 14.7 Å². The molecule has 0 radical (unpaired) electrons. The van der Waals surface area contributed by atoms with Gasteiger partial charge in [0, 0.05) is 0 Å². The van der Waals surface area contributed by atoms with Crippen molar-refractivity contribution in [3.05, 3.63) is 66.8 Å². The quantitative estimate of drug-likeness (QED) is 0.312. The minimum Gasteiger partial charge on any atom is -0.297 e. The SMILES string of the molecule is [Cl][Ni+][Cl].c1ccc(P[CH-]CPc2ccccc2)cc1. The summed E-state index contributed by atoms with van der Waals surface area (Å²) in [6.07, 6.45) is 3.60. The first-order valence-corrected chi connectivity index (χ1v) is 10.6. The molecular formula is C14H15Cl2NiP2. The van der Waals surface area contributed by atoms with Crippen LogP contribution in [0.4, 0.5) is 0 Å². The normalized spacial score (nSPS) is 11.1. The van der Waals surface area contributed by atoms with Crippen molar-refractivity contribution < 1.29 is 12.7 Å². The van der Waals surface area contributed by atoms with E-state index in [4.69, 9.17) is 20.4 Å². The molecule has 105 valence electrons. The summed E-state index contributed by atoms with van der Waals surface area (Å²) in [7, 11) is 11.1. The fourth-order valence-corrected chi connectivity index (χ4v) is 3.53. The van der Waals surface area contributed by atoms with E-state index in [9.17, 15) is 0 Å². The van der Waals surface area contributed by atoms with Crippen molar-refractivity contribution >= 4 is 48.2 Å². The van der Waals surface area contributed by atoms with Crippen LogP contribution >= 0.6 is 37.5 Å². The second-order valence-electron chi connectivity index (χ2n) is 3.51. The maximum Gasteiger partial charge on any atom is -0.0296 e. The molecule has 2 aromatic rings. The number of benzene rings is 2. The van der Waals surface area contributed by atoms with E-state index in [1.165, 1.54) is 16.8 Å². The fourth-order valence-electron chi connectivity index (χ4n) is 1.43. The Bertz CT molecular complexity index is 384. The fraction of sp³-hybridized carbons (Fsp3) is 0.0714. The van der Waals surface area contributed by atoms with Crippen LogP contribution in [0.3, 0.4) is 0 Å². The van der Waals surface area contributed by atoms with Gasteiger partial charge >= 0.3 is 33.0 Å². The molecule has 0 aliphatic heterocycles. The van der Waals surface area contributed by atoms with E-state index < -0.39 is 0 Å². The van der Waals surface area contributed by atoms with Gasteiger partial charge in [-0.25, -0.2) is 0 Å². The zero-order valence-corrected chi connectivity index (χ0v) is 14.6. The third kappa shape index (κ3) is 9.02. The van der Waals surface area contributed by atoms with E-state index in [1.54, 1.807) is 0 Å². The standard InChI is InChI=1S/C14H15P2.2ClH.Ni/c1-3-7-13(8-4-1)15-11-12-16-14-9-5-2-6-10-14;;;/h1-11,15-16H,12H2;2*1H;/q-1;;;+3/p-2. The summed E-state index contributed by atoms with van der Waals surface area (Å²) in [4.78, 5) is 0. The van der Waals surface area contributed by atoms with Crippen LogP contribution in [-0.2, 0) is 12.7 Å². The average Bonchev–Trinajstić information content (AvgIpc) is 2.47. The maximum absolute atomic E-state index is 4.70. The van der Waals surface area contributed by atoms with Gasteiger partial charge in [-0.15, -0.1) is 8.58 Å². The Morgan fingerprint density at radius 1 is 0.842 bits per heavy atom. The number of halogens is 2. The summed E-state index contributed by atoms with van der Waals surface area (Å²) >= 11 is 0.569. The Morgan fingerprint density at radius 3 is 1.84 bits per heavy atom. The zero-order chi connectivity index (χ0) is 13.8. The Hall–Kier alpha value is 0.374. The number of hydrogen-bond acceptors (Lipinski definition) is 0. The van der Waals surface area contributed by atoms with Crippen molar-refractivity contribution in [2.45, 2.75) is 0 Å². The molecule has 0 amide bonds. The van der Waals surface area contributed by atoms with Gasteiger partial charge in [-0.1, -0.05) is 66.0 Å². The topological polar surface area (TPSA) is 0 Å². The molecule has 0 aromatic heterocycles. The molecule has 0 heterocycles. The molecule has 0 aliphatic carbocycles. The van der Waals surface area contributed by atoms with Gasteiger partial charge in [0.1, 0.15) is 0 Å². The average molecular weight is 375 g/mol. The number of hydrogen-bond donors (Lipinski definition) is 0. The Balaban J connectivity index is 0.000000550. The monoisotopic (exact) mass is 373 g/mol. The maximum atomic E-state index is 4.70. The van der Waals surface area contributed by atoms with Gasteiger partial charge in [-0.2, -0.15) is 6.16 Å².